The number of nitrogens with two attached hydrogens (primary N) is 1. The third-order valence-corrected chi connectivity index (χ3v) is 7.00. The van der Waals surface area contributed by atoms with Crippen molar-refractivity contribution in [2.45, 2.75) is 77.0 Å². The predicted octanol–water partition coefficient (Wildman–Crippen LogP) is 5.85. The van der Waals surface area contributed by atoms with Gasteiger partial charge in [-0.25, -0.2) is 0 Å². The lowest BCUT2D eigenvalue weighted by molar-refractivity contribution is 0.0996. The molecule has 2 aromatic rings. The topological polar surface area (TPSA) is 58.9 Å². The molecule has 2 aliphatic rings. The highest BCUT2D eigenvalue weighted by Gasteiger charge is 2.26. The van der Waals surface area contributed by atoms with Crippen LogP contribution in [0, 0.1) is 11.8 Å². The molecule has 140 valence electrons. The third-order valence-electron chi connectivity index (χ3n) is 7.00. The molecule has 0 atom stereocenters. The van der Waals surface area contributed by atoms with Crippen molar-refractivity contribution in [1.82, 2.24) is 4.98 Å². The third kappa shape index (κ3) is 3.41. The average molecular weight is 353 g/mol. The summed E-state index contributed by atoms with van der Waals surface area (Å²) < 4.78 is 0. The van der Waals surface area contributed by atoms with Crippen LogP contribution in [0.15, 0.2) is 18.2 Å². The summed E-state index contributed by atoms with van der Waals surface area (Å²) in [5.74, 6) is 2.63. The monoisotopic (exact) mass is 352 g/mol. The van der Waals surface area contributed by atoms with Gasteiger partial charge in [0.1, 0.15) is 5.69 Å². The van der Waals surface area contributed by atoms with Crippen LogP contribution in [-0.4, -0.2) is 10.9 Å². The van der Waals surface area contributed by atoms with E-state index >= 15 is 0 Å². The van der Waals surface area contributed by atoms with E-state index in [9.17, 15) is 4.79 Å². The fourth-order valence-electron chi connectivity index (χ4n) is 5.16. The van der Waals surface area contributed by atoms with Gasteiger partial charge in [-0.2, -0.15) is 0 Å². The van der Waals surface area contributed by atoms with Gasteiger partial charge in [0.25, 0.3) is 5.91 Å². The lowest BCUT2D eigenvalue weighted by Crippen LogP contribution is -2.13. The van der Waals surface area contributed by atoms with Crippen molar-refractivity contribution in [1.29, 1.82) is 0 Å². The molecular formula is C23H32N2O. The highest BCUT2D eigenvalue weighted by Crippen LogP contribution is 2.42. The van der Waals surface area contributed by atoms with Crippen molar-refractivity contribution in [3.63, 3.8) is 0 Å². The normalized spacial score (nSPS) is 29.8. The smallest absolute Gasteiger partial charge is 0.265 e. The van der Waals surface area contributed by atoms with Gasteiger partial charge in [0.2, 0.25) is 0 Å². The molecule has 4 rings (SSSR count). The van der Waals surface area contributed by atoms with E-state index in [1.165, 1.54) is 67.9 Å². The van der Waals surface area contributed by atoms with E-state index in [-0.39, 0.29) is 5.91 Å². The van der Waals surface area contributed by atoms with Gasteiger partial charge in [0.05, 0.1) is 0 Å². The molecule has 26 heavy (non-hydrogen) atoms. The molecule has 1 heterocycles. The molecule has 0 aliphatic heterocycles. The number of carbonyl (C=O) groups is 1. The summed E-state index contributed by atoms with van der Waals surface area (Å²) in [6, 6.07) is 6.75. The van der Waals surface area contributed by atoms with Crippen LogP contribution in [0.25, 0.3) is 10.9 Å². The lowest BCUT2D eigenvalue weighted by Gasteiger charge is -2.30. The summed E-state index contributed by atoms with van der Waals surface area (Å²) in [4.78, 5) is 15.0. The van der Waals surface area contributed by atoms with E-state index in [0.717, 1.165) is 17.4 Å². The van der Waals surface area contributed by atoms with Crippen LogP contribution in [0.1, 0.15) is 98.7 Å². The molecule has 0 saturated heterocycles. The summed E-state index contributed by atoms with van der Waals surface area (Å²) in [7, 11) is 0. The first kappa shape index (κ1) is 17.6. The number of aromatic nitrogens is 1. The van der Waals surface area contributed by atoms with Crippen LogP contribution in [0.5, 0.6) is 0 Å². The Kier molecular flexibility index (Phi) is 4.81. The Balaban J connectivity index is 1.75. The number of H-pyrrole nitrogens is 1. The molecule has 3 nitrogen and oxygen atoms in total. The zero-order chi connectivity index (χ0) is 18.3. The molecule has 1 aromatic heterocycles. The van der Waals surface area contributed by atoms with E-state index in [1.807, 2.05) is 6.07 Å². The number of rotatable bonds is 3. The zero-order valence-corrected chi connectivity index (χ0v) is 16.2. The molecule has 2 saturated carbocycles. The number of hydrogen-bond donors (Lipinski definition) is 2. The Morgan fingerprint density at radius 3 is 2.04 bits per heavy atom. The minimum absolute atomic E-state index is 0.363. The number of carbonyl (C=O) groups excluding carboxylic acids is 1. The highest BCUT2D eigenvalue weighted by molar-refractivity contribution is 5.98. The average Bonchev–Trinajstić information content (AvgIpc) is 3.07. The van der Waals surface area contributed by atoms with E-state index in [4.69, 9.17) is 5.73 Å². The van der Waals surface area contributed by atoms with Crippen molar-refractivity contribution in [3.05, 3.63) is 35.0 Å². The van der Waals surface area contributed by atoms with Crippen LogP contribution in [-0.2, 0) is 0 Å². The van der Waals surface area contributed by atoms with Gasteiger partial charge >= 0.3 is 0 Å². The SMILES string of the molecule is C[C@H]1CC[C@H](c2cc3[nH]c(C(N)=O)cc3c([C@H]3CC[C@H](C)CC3)c2)CC1. The van der Waals surface area contributed by atoms with Crippen molar-refractivity contribution < 1.29 is 4.79 Å². The van der Waals surface area contributed by atoms with Crippen molar-refractivity contribution >= 4 is 16.8 Å². The van der Waals surface area contributed by atoms with Crippen molar-refractivity contribution in [2.24, 2.45) is 17.6 Å². The van der Waals surface area contributed by atoms with Gasteiger partial charge < -0.3 is 10.7 Å². The van der Waals surface area contributed by atoms with E-state index in [2.05, 4.69) is 31.0 Å². The van der Waals surface area contributed by atoms with Gasteiger partial charge in [0, 0.05) is 10.9 Å². The van der Waals surface area contributed by atoms with Gasteiger partial charge in [-0.15, -0.1) is 0 Å². The van der Waals surface area contributed by atoms with Crippen LogP contribution >= 0.6 is 0 Å². The standard InChI is InChI=1S/C23H32N2O/c1-14-3-7-16(8-4-14)18-11-19(17-9-5-15(2)6-10-17)20-13-22(23(24)26)25-21(20)12-18/h11-17,25H,3-10H2,1-2H3,(H2,24,26)/t14-,15-,16-,17-. The number of benzene rings is 1. The molecular weight excluding hydrogens is 320 g/mol. The number of fused-ring (bicyclic) bond motifs is 1. The second kappa shape index (κ2) is 7.09. The van der Waals surface area contributed by atoms with E-state index in [1.54, 1.807) is 0 Å². The lowest BCUT2D eigenvalue weighted by atomic mass is 9.75. The Morgan fingerprint density at radius 1 is 0.885 bits per heavy atom. The number of amides is 1. The van der Waals surface area contributed by atoms with E-state index in [0.29, 0.717) is 17.5 Å². The molecule has 0 spiro atoms. The number of primary amides is 1. The zero-order valence-electron chi connectivity index (χ0n) is 16.2. The molecule has 2 fully saturated rings. The molecule has 1 amide bonds. The van der Waals surface area contributed by atoms with Crippen molar-refractivity contribution in [3.8, 4) is 0 Å². The maximum absolute atomic E-state index is 11.7. The molecule has 3 heteroatoms. The number of nitrogens with one attached hydrogen (secondary N) is 1. The summed E-state index contributed by atoms with van der Waals surface area (Å²) in [6.07, 6.45) is 10.4. The van der Waals surface area contributed by atoms with Gasteiger partial charge in [-0.1, -0.05) is 45.6 Å². The molecule has 2 aliphatic carbocycles. The molecule has 0 unspecified atom stereocenters. The van der Waals surface area contributed by atoms with Crippen molar-refractivity contribution in [2.75, 3.05) is 0 Å². The Bertz CT molecular complexity index is 790. The molecule has 0 radical (unpaired) electrons. The van der Waals surface area contributed by atoms with E-state index < -0.39 is 0 Å². The molecule has 1 aromatic carbocycles. The largest absolute Gasteiger partial charge is 0.364 e. The summed E-state index contributed by atoms with van der Waals surface area (Å²) in [6.45, 7) is 4.74. The fraction of sp³-hybridized carbons (Fsp3) is 0.609. The van der Waals surface area contributed by atoms with Crippen LogP contribution in [0.3, 0.4) is 0 Å². The summed E-state index contributed by atoms with van der Waals surface area (Å²) >= 11 is 0. The van der Waals surface area contributed by atoms with Gasteiger partial charge in [0.15, 0.2) is 0 Å². The maximum atomic E-state index is 11.7. The first-order valence-corrected chi connectivity index (χ1v) is 10.5. The van der Waals surface area contributed by atoms with Gasteiger partial charge in [-0.3, -0.25) is 4.79 Å². The summed E-state index contributed by atoms with van der Waals surface area (Å²) in [5, 5.41) is 1.21. The predicted molar refractivity (Wildman–Crippen MR) is 108 cm³/mol. The highest BCUT2D eigenvalue weighted by atomic mass is 16.1. The first-order valence-electron chi connectivity index (χ1n) is 10.5. The molecule has 3 N–H and O–H groups in total. The minimum Gasteiger partial charge on any atom is -0.364 e. The quantitative estimate of drug-likeness (QED) is 0.714. The maximum Gasteiger partial charge on any atom is 0.265 e. The summed E-state index contributed by atoms with van der Waals surface area (Å²) in [5.41, 5.74) is 10.1. The molecule has 0 bridgehead atoms. The van der Waals surface area contributed by atoms with Crippen LogP contribution in [0.4, 0.5) is 0 Å². The Labute approximate surface area is 156 Å². The van der Waals surface area contributed by atoms with Crippen LogP contribution in [0.2, 0.25) is 0 Å². The first-order chi connectivity index (χ1) is 12.5. The number of hydrogen-bond acceptors (Lipinski definition) is 1. The van der Waals surface area contributed by atoms with Gasteiger partial charge in [-0.05, 0) is 72.6 Å². The fourth-order valence-corrected chi connectivity index (χ4v) is 5.16. The Morgan fingerprint density at radius 2 is 1.46 bits per heavy atom. The number of aromatic amines is 1. The Hall–Kier alpha value is -1.77. The van der Waals surface area contributed by atoms with Crippen LogP contribution < -0.4 is 5.73 Å². The second-order valence-corrected chi connectivity index (χ2v) is 9.03. The second-order valence-electron chi connectivity index (χ2n) is 9.03. The minimum atomic E-state index is -0.363.